The van der Waals surface area contributed by atoms with Crippen molar-refractivity contribution in [3.8, 4) is 11.1 Å². The van der Waals surface area contributed by atoms with Crippen molar-refractivity contribution in [2.45, 2.75) is 12.3 Å². The Hall–Kier alpha value is -7.42. The first-order chi connectivity index (χ1) is 28.8. The number of hydrogen-bond donors (Lipinski definition) is 0. The summed E-state index contributed by atoms with van der Waals surface area (Å²) in [6.07, 6.45) is 5.44. The molecule has 1 aliphatic rings. The second kappa shape index (κ2) is 13.1. The molecule has 10 aromatic carbocycles. The molecule has 0 saturated carbocycles. The predicted octanol–water partition coefficient (Wildman–Crippen LogP) is 15.9. The normalized spacial score (nSPS) is 13.9. The van der Waals surface area contributed by atoms with E-state index in [9.17, 15) is 0 Å². The van der Waals surface area contributed by atoms with Gasteiger partial charge in [0.25, 0.3) is 0 Å². The fraction of sp³-hybridized carbons (Fsp3) is 0.0357. The molecule has 1 unspecified atom stereocenters. The number of hydrogen-bond acceptors (Lipinski definition) is 2. The van der Waals surface area contributed by atoms with Gasteiger partial charge in [-0.25, -0.2) is 0 Å². The molecule has 0 spiro atoms. The highest BCUT2D eigenvalue weighted by molar-refractivity contribution is 6.15. The highest BCUT2D eigenvalue weighted by atomic mass is 16.3. The number of furan rings is 1. The van der Waals surface area contributed by atoms with Gasteiger partial charge in [0.05, 0.1) is 11.4 Å². The lowest BCUT2D eigenvalue weighted by Crippen LogP contribution is -2.15. The van der Waals surface area contributed by atoms with E-state index in [0.29, 0.717) is 0 Å². The van der Waals surface area contributed by atoms with Gasteiger partial charge in [0, 0.05) is 33.3 Å². The van der Waals surface area contributed by atoms with Gasteiger partial charge < -0.3 is 9.32 Å². The van der Waals surface area contributed by atoms with Crippen LogP contribution in [0.15, 0.2) is 205 Å². The van der Waals surface area contributed by atoms with Crippen molar-refractivity contribution in [3.63, 3.8) is 0 Å². The molecular formula is C56H37NO. The molecule has 0 bridgehead atoms. The highest BCUT2D eigenvalue weighted by Crippen LogP contribution is 2.49. The molecule has 2 heteroatoms. The molecule has 12 rings (SSSR count). The van der Waals surface area contributed by atoms with Crippen molar-refractivity contribution in [1.29, 1.82) is 0 Å². The van der Waals surface area contributed by atoms with Crippen LogP contribution < -0.4 is 4.90 Å². The van der Waals surface area contributed by atoms with E-state index in [0.717, 1.165) is 40.2 Å². The summed E-state index contributed by atoms with van der Waals surface area (Å²) in [7, 11) is 0. The molecule has 0 fully saturated rings. The van der Waals surface area contributed by atoms with Gasteiger partial charge in [0.1, 0.15) is 11.3 Å². The number of fused-ring (bicyclic) bond motifs is 11. The van der Waals surface area contributed by atoms with Crippen LogP contribution in [0.5, 0.6) is 0 Å². The van der Waals surface area contributed by atoms with Crippen LogP contribution >= 0.6 is 0 Å². The second-order valence-electron chi connectivity index (χ2n) is 15.5. The van der Waals surface area contributed by atoms with Crippen molar-refractivity contribution in [2.24, 2.45) is 0 Å². The van der Waals surface area contributed by atoms with Gasteiger partial charge in [0.2, 0.25) is 0 Å². The summed E-state index contributed by atoms with van der Waals surface area (Å²) < 4.78 is 7.00. The number of anilines is 3. The zero-order chi connectivity index (χ0) is 38.2. The molecule has 2 nitrogen and oxygen atoms in total. The molecule has 0 radical (unpaired) electrons. The van der Waals surface area contributed by atoms with Crippen molar-refractivity contribution >= 4 is 88.0 Å². The van der Waals surface area contributed by atoms with E-state index in [1.807, 2.05) is 0 Å². The Balaban J connectivity index is 1.07. The minimum absolute atomic E-state index is 0.0290. The quantitative estimate of drug-likeness (QED) is 0.163. The fourth-order valence-corrected chi connectivity index (χ4v) is 9.69. The first-order valence-corrected chi connectivity index (χ1v) is 20.2. The van der Waals surface area contributed by atoms with Crippen LogP contribution in [0.1, 0.15) is 29.2 Å². The molecule has 1 aliphatic carbocycles. The maximum absolute atomic E-state index is 7.00. The summed E-state index contributed by atoms with van der Waals surface area (Å²) in [6, 6.07) is 71.0. The van der Waals surface area contributed by atoms with Gasteiger partial charge in [-0.15, -0.1) is 0 Å². The molecule has 1 heterocycles. The third kappa shape index (κ3) is 5.05. The molecular weight excluding hydrogens is 703 g/mol. The van der Waals surface area contributed by atoms with Crippen LogP contribution in [0.25, 0.3) is 82.0 Å². The van der Waals surface area contributed by atoms with Crippen molar-refractivity contribution in [3.05, 3.63) is 217 Å². The standard InChI is InChI=1S/C56H37NO/c1-4-16-41-36(13-1)29-33-47-42(22-11-23-45(41)47)38-27-31-40(32-28-38)57(54-35-39-15-3-5-17-43(39)46-19-7-8-20-48(46)54)53-26-10-9-21-49(53)50-24-12-25-51-52-34-30-37-14-2-6-18-44(37)55(52)58-56(50)51/h1-23,25-35,50H,24H2. The minimum atomic E-state index is 0.0290. The first kappa shape index (κ1) is 32.8. The zero-order valence-electron chi connectivity index (χ0n) is 31.8. The average molecular weight is 740 g/mol. The lowest BCUT2D eigenvalue weighted by molar-refractivity contribution is 0.519. The molecule has 1 aromatic heterocycles. The average Bonchev–Trinajstić information content (AvgIpc) is 3.69. The van der Waals surface area contributed by atoms with E-state index in [2.05, 4.69) is 211 Å². The van der Waals surface area contributed by atoms with Crippen LogP contribution in [-0.2, 0) is 0 Å². The number of benzene rings is 10. The van der Waals surface area contributed by atoms with E-state index >= 15 is 0 Å². The number of rotatable bonds is 5. The summed E-state index contributed by atoms with van der Waals surface area (Å²) in [5.74, 6) is 1.06. The first-order valence-electron chi connectivity index (χ1n) is 20.2. The lowest BCUT2D eigenvalue weighted by Gasteiger charge is -2.31. The Kier molecular flexibility index (Phi) is 7.39. The zero-order valence-corrected chi connectivity index (χ0v) is 31.8. The highest BCUT2D eigenvalue weighted by Gasteiger charge is 2.30. The largest absolute Gasteiger partial charge is 0.459 e. The van der Waals surface area contributed by atoms with Gasteiger partial charge in [-0.2, -0.15) is 0 Å². The summed E-state index contributed by atoms with van der Waals surface area (Å²) in [5, 5.41) is 13.5. The van der Waals surface area contributed by atoms with Gasteiger partial charge in [-0.1, -0.05) is 176 Å². The molecule has 58 heavy (non-hydrogen) atoms. The van der Waals surface area contributed by atoms with Crippen LogP contribution in [0.3, 0.4) is 0 Å². The van der Waals surface area contributed by atoms with Crippen molar-refractivity contribution < 1.29 is 4.42 Å². The Labute approximate surface area is 336 Å². The SMILES string of the molecule is C1=Cc2c(oc3c2ccc2ccccc23)C(c2ccccc2N(c2ccc(-c3cccc4c3ccc3ccccc34)cc2)c2cc3ccccc3c3ccccc23)C1. The minimum Gasteiger partial charge on any atom is -0.459 e. The third-order valence-electron chi connectivity index (χ3n) is 12.4. The van der Waals surface area contributed by atoms with E-state index in [1.54, 1.807) is 0 Å². The van der Waals surface area contributed by atoms with Gasteiger partial charge >= 0.3 is 0 Å². The third-order valence-corrected chi connectivity index (χ3v) is 12.4. The van der Waals surface area contributed by atoms with Crippen LogP contribution in [0.4, 0.5) is 17.1 Å². The van der Waals surface area contributed by atoms with E-state index in [1.165, 1.54) is 76.1 Å². The summed E-state index contributed by atoms with van der Waals surface area (Å²) in [4.78, 5) is 2.49. The number of nitrogens with zero attached hydrogens (tertiary/aromatic N) is 1. The van der Waals surface area contributed by atoms with E-state index in [-0.39, 0.29) is 5.92 Å². The molecule has 11 aromatic rings. The van der Waals surface area contributed by atoms with Crippen LogP contribution in [0, 0.1) is 0 Å². The van der Waals surface area contributed by atoms with Crippen LogP contribution in [-0.4, -0.2) is 0 Å². The topological polar surface area (TPSA) is 16.4 Å². The van der Waals surface area contributed by atoms with E-state index < -0.39 is 0 Å². The van der Waals surface area contributed by atoms with Gasteiger partial charge in [0.15, 0.2) is 0 Å². The van der Waals surface area contributed by atoms with Gasteiger partial charge in [-0.3, -0.25) is 0 Å². The number of para-hydroxylation sites is 1. The molecule has 0 saturated heterocycles. The molecule has 0 amide bonds. The Morgan fingerprint density at radius 3 is 1.84 bits per heavy atom. The van der Waals surface area contributed by atoms with Crippen molar-refractivity contribution in [1.82, 2.24) is 0 Å². The second-order valence-corrected chi connectivity index (χ2v) is 15.5. The predicted molar refractivity (Wildman–Crippen MR) is 246 cm³/mol. The lowest BCUT2D eigenvalue weighted by atomic mass is 9.85. The summed E-state index contributed by atoms with van der Waals surface area (Å²) in [6.45, 7) is 0. The number of allylic oxidation sites excluding steroid dienone is 1. The summed E-state index contributed by atoms with van der Waals surface area (Å²) >= 11 is 0. The fourth-order valence-electron chi connectivity index (χ4n) is 9.69. The summed E-state index contributed by atoms with van der Waals surface area (Å²) in [5.41, 5.74) is 9.20. The van der Waals surface area contributed by atoms with Gasteiger partial charge in [-0.05, 0) is 96.5 Å². The smallest absolute Gasteiger partial charge is 0.142 e. The maximum atomic E-state index is 7.00. The Morgan fingerprint density at radius 1 is 0.431 bits per heavy atom. The monoisotopic (exact) mass is 739 g/mol. The molecule has 0 N–H and O–H groups in total. The molecule has 0 aliphatic heterocycles. The van der Waals surface area contributed by atoms with E-state index in [4.69, 9.17) is 4.42 Å². The molecule has 272 valence electrons. The van der Waals surface area contributed by atoms with Crippen molar-refractivity contribution in [2.75, 3.05) is 4.90 Å². The Morgan fingerprint density at radius 2 is 1.03 bits per heavy atom. The Bertz CT molecular complexity index is 3440. The van der Waals surface area contributed by atoms with Crippen LogP contribution in [0.2, 0.25) is 0 Å². The maximum Gasteiger partial charge on any atom is 0.142 e. The molecule has 1 atom stereocenters.